The number of carbonyl (C=O) groups is 1. The molecule has 0 unspecified atom stereocenters. The van der Waals surface area contributed by atoms with E-state index in [1.165, 1.54) is 24.3 Å². The van der Waals surface area contributed by atoms with Gasteiger partial charge in [-0.1, -0.05) is 18.2 Å². The van der Waals surface area contributed by atoms with E-state index in [0.29, 0.717) is 16.9 Å². The molecule has 0 saturated heterocycles. The molecule has 0 aliphatic rings. The summed E-state index contributed by atoms with van der Waals surface area (Å²) in [6.07, 6.45) is 0.750. The first-order chi connectivity index (χ1) is 11.2. The van der Waals surface area contributed by atoms with E-state index in [0.717, 1.165) is 17.4 Å². The van der Waals surface area contributed by atoms with E-state index in [2.05, 4.69) is 5.32 Å². The molecule has 0 aromatic heterocycles. The van der Waals surface area contributed by atoms with Crippen LogP contribution in [0.1, 0.15) is 10.4 Å². The number of halogens is 2. The molecule has 3 rings (SSSR count). The Labute approximate surface area is 132 Å². The lowest BCUT2D eigenvalue weighted by molar-refractivity contribution is 0.112. The second-order valence-electron chi connectivity index (χ2n) is 5.06. The minimum atomic E-state index is -0.328. The fraction of sp³-hybridized carbons (Fsp3) is 0. The zero-order valence-electron chi connectivity index (χ0n) is 12.1. The number of nitrogens with one attached hydrogen (secondary N) is 1. The van der Waals surface area contributed by atoms with Gasteiger partial charge in [-0.05, 0) is 59.7 Å². The highest BCUT2D eigenvalue weighted by Crippen LogP contribution is 2.27. The molecule has 0 spiro atoms. The van der Waals surface area contributed by atoms with Crippen LogP contribution in [0.15, 0.2) is 66.7 Å². The van der Waals surface area contributed by atoms with Crippen molar-refractivity contribution in [3.05, 3.63) is 83.9 Å². The number of hydrogen-bond donors (Lipinski definition) is 1. The van der Waals surface area contributed by atoms with Gasteiger partial charge in [-0.2, -0.15) is 0 Å². The molecule has 3 aromatic carbocycles. The first kappa shape index (κ1) is 14.9. The van der Waals surface area contributed by atoms with Crippen molar-refractivity contribution in [2.45, 2.75) is 0 Å². The number of benzene rings is 3. The topological polar surface area (TPSA) is 29.1 Å². The Balaban J connectivity index is 1.97. The summed E-state index contributed by atoms with van der Waals surface area (Å²) in [7, 11) is 0. The van der Waals surface area contributed by atoms with Crippen molar-refractivity contribution in [1.29, 1.82) is 0 Å². The van der Waals surface area contributed by atoms with E-state index >= 15 is 0 Å². The van der Waals surface area contributed by atoms with E-state index in [1.807, 2.05) is 0 Å². The standard InChI is InChI=1S/C19H13F2NO/c20-16-5-3-13(4-6-16)14-1-2-15(12-23)19(11-14)22-18-9-7-17(21)8-10-18/h1-12,22H. The van der Waals surface area contributed by atoms with Gasteiger partial charge in [0.25, 0.3) is 0 Å². The summed E-state index contributed by atoms with van der Waals surface area (Å²) in [5.74, 6) is -0.630. The molecule has 0 radical (unpaired) electrons. The van der Waals surface area contributed by atoms with Gasteiger partial charge < -0.3 is 5.32 Å². The lowest BCUT2D eigenvalue weighted by Crippen LogP contribution is -1.96. The van der Waals surface area contributed by atoms with Crippen LogP contribution in [0.25, 0.3) is 11.1 Å². The van der Waals surface area contributed by atoms with Gasteiger partial charge in [0.15, 0.2) is 6.29 Å². The largest absolute Gasteiger partial charge is 0.355 e. The normalized spacial score (nSPS) is 10.3. The highest BCUT2D eigenvalue weighted by Gasteiger charge is 2.06. The molecule has 114 valence electrons. The van der Waals surface area contributed by atoms with Crippen LogP contribution in [0, 0.1) is 11.6 Å². The first-order valence-electron chi connectivity index (χ1n) is 7.03. The quantitative estimate of drug-likeness (QED) is 0.672. The summed E-state index contributed by atoms with van der Waals surface area (Å²) in [5.41, 5.74) is 3.45. The summed E-state index contributed by atoms with van der Waals surface area (Å²) in [5, 5.41) is 3.10. The van der Waals surface area contributed by atoms with Crippen molar-refractivity contribution < 1.29 is 13.6 Å². The van der Waals surface area contributed by atoms with Gasteiger partial charge in [-0.3, -0.25) is 4.79 Å². The molecule has 0 heterocycles. The monoisotopic (exact) mass is 309 g/mol. The van der Waals surface area contributed by atoms with Gasteiger partial charge in [-0.25, -0.2) is 8.78 Å². The highest BCUT2D eigenvalue weighted by atomic mass is 19.1. The second kappa shape index (κ2) is 6.40. The van der Waals surface area contributed by atoms with Gasteiger partial charge in [0.05, 0.1) is 0 Å². The van der Waals surface area contributed by atoms with Crippen molar-refractivity contribution >= 4 is 17.7 Å². The van der Waals surface area contributed by atoms with Crippen molar-refractivity contribution in [3.8, 4) is 11.1 Å². The molecule has 0 fully saturated rings. The number of anilines is 2. The number of hydrogen-bond acceptors (Lipinski definition) is 2. The predicted octanol–water partition coefficient (Wildman–Crippen LogP) is 5.19. The molecular weight excluding hydrogens is 296 g/mol. The highest BCUT2D eigenvalue weighted by molar-refractivity contribution is 5.88. The lowest BCUT2D eigenvalue weighted by atomic mass is 10.0. The Morgan fingerprint density at radius 3 is 1.91 bits per heavy atom. The van der Waals surface area contributed by atoms with Crippen LogP contribution >= 0.6 is 0 Å². The Morgan fingerprint density at radius 2 is 1.30 bits per heavy atom. The molecule has 0 aliphatic carbocycles. The molecule has 2 nitrogen and oxygen atoms in total. The van der Waals surface area contributed by atoms with Crippen LogP contribution < -0.4 is 5.32 Å². The maximum Gasteiger partial charge on any atom is 0.152 e. The van der Waals surface area contributed by atoms with Gasteiger partial charge >= 0.3 is 0 Å². The summed E-state index contributed by atoms with van der Waals surface area (Å²) in [6, 6.07) is 17.3. The van der Waals surface area contributed by atoms with Gasteiger partial charge in [-0.15, -0.1) is 0 Å². The fourth-order valence-electron chi connectivity index (χ4n) is 2.28. The minimum Gasteiger partial charge on any atom is -0.355 e. The third-order valence-corrected chi connectivity index (χ3v) is 3.48. The summed E-state index contributed by atoms with van der Waals surface area (Å²) in [4.78, 5) is 11.2. The average Bonchev–Trinajstić information content (AvgIpc) is 2.57. The number of carbonyl (C=O) groups excluding carboxylic acids is 1. The molecule has 0 aliphatic heterocycles. The molecule has 0 saturated carbocycles. The summed E-state index contributed by atoms with van der Waals surface area (Å²) < 4.78 is 26.0. The summed E-state index contributed by atoms with van der Waals surface area (Å²) in [6.45, 7) is 0. The molecule has 0 amide bonds. The minimum absolute atomic E-state index is 0.303. The van der Waals surface area contributed by atoms with Crippen LogP contribution in [0.2, 0.25) is 0 Å². The smallest absolute Gasteiger partial charge is 0.152 e. The maximum absolute atomic E-state index is 13.0. The second-order valence-corrected chi connectivity index (χ2v) is 5.06. The van der Waals surface area contributed by atoms with Crippen LogP contribution in [-0.2, 0) is 0 Å². The predicted molar refractivity (Wildman–Crippen MR) is 86.9 cm³/mol. The zero-order valence-corrected chi connectivity index (χ0v) is 12.1. The third-order valence-electron chi connectivity index (χ3n) is 3.48. The number of rotatable bonds is 4. The van der Waals surface area contributed by atoms with E-state index in [4.69, 9.17) is 0 Å². The first-order valence-corrected chi connectivity index (χ1v) is 7.03. The van der Waals surface area contributed by atoms with Crippen LogP contribution in [-0.4, -0.2) is 6.29 Å². The average molecular weight is 309 g/mol. The molecule has 0 atom stereocenters. The SMILES string of the molecule is O=Cc1ccc(-c2ccc(F)cc2)cc1Nc1ccc(F)cc1. The van der Waals surface area contributed by atoms with Crippen LogP contribution in [0.4, 0.5) is 20.2 Å². The molecular formula is C19H13F2NO. The van der Waals surface area contributed by atoms with Crippen molar-refractivity contribution in [3.63, 3.8) is 0 Å². The van der Waals surface area contributed by atoms with Gasteiger partial charge in [0.2, 0.25) is 0 Å². The zero-order chi connectivity index (χ0) is 16.2. The Morgan fingerprint density at radius 1 is 0.739 bits per heavy atom. The molecule has 1 N–H and O–H groups in total. The van der Waals surface area contributed by atoms with Crippen molar-refractivity contribution in [1.82, 2.24) is 0 Å². The number of aldehydes is 1. The Hall–Kier alpha value is -3.01. The van der Waals surface area contributed by atoms with Crippen LogP contribution in [0.5, 0.6) is 0 Å². The van der Waals surface area contributed by atoms with Crippen molar-refractivity contribution in [2.24, 2.45) is 0 Å². The maximum atomic E-state index is 13.0. The fourth-order valence-corrected chi connectivity index (χ4v) is 2.28. The Bertz CT molecular complexity index is 827. The molecule has 3 aromatic rings. The van der Waals surface area contributed by atoms with E-state index < -0.39 is 0 Å². The van der Waals surface area contributed by atoms with E-state index in [1.54, 1.807) is 42.5 Å². The lowest BCUT2D eigenvalue weighted by Gasteiger charge is -2.11. The molecule has 23 heavy (non-hydrogen) atoms. The van der Waals surface area contributed by atoms with E-state index in [-0.39, 0.29) is 11.6 Å². The van der Waals surface area contributed by atoms with Gasteiger partial charge in [0, 0.05) is 16.9 Å². The van der Waals surface area contributed by atoms with E-state index in [9.17, 15) is 13.6 Å². The molecule has 0 bridgehead atoms. The molecule has 4 heteroatoms. The van der Waals surface area contributed by atoms with Crippen LogP contribution in [0.3, 0.4) is 0 Å². The summed E-state index contributed by atoms with van der Waals surface area (Å²) >= 11 is 0. The Kier molecular flexibility index (Phi) is 4.15. The third kappa shape index (κ3) is 3.43. The van der Waals surface area contributed by atoms with Gasteiger partial charge in [0.1, 0.15) is 11.6 Å². The van der Waals surface area contributed by atoms with Crippen molar-refractivity contribution in [2.75, 3.05) is 5.32 Å².